The van der Waals surface area contributed by atoms with Crippen LogP contribution in [0.2, 0.25) is 0 Å². The molecule has 0 amide bonds. The van der Waals surface area contributed by atoms with E-state index in [9.17, 15) is 0 Å². The zero-order valence-corrected chi connectivity index (χ0v) is 15.1. The van der Waals surface area contributed by atoms with E-state index in [0.717, 1.165) is 4.43 Å². The first-order valence-electron chi connectivity index (χ1n) is 7.92. The minimum atomic E-state index is 0.0266. The van der Waals surface area contributed by atoms with Gasteiger partial charge in [0.15, 0.2) is 0 Å². The molecule has 2 nitrogen and oxygen atoms in total. The maximum Gasteiger partial charge on any atom is 0.103 e. The van der Waals surface area contributed by atoms with Gasteiger partial charge in [0, 0.05) is 10.3 Å². The quantitative estimate of drug-likeness (QED) is 0.365. The van der Waals surface area contributed by atoms with Crippen molar-refractivity contribution in [2.45, 2.75) is 25.4 Å². The number of alkyl halides is 1. The highest BCUT2D eigenvalue weighted by atomic mass is 127. The number of hydrogen-bond donors (Lipinski definition) is 0. The largest absolute Gasteiger partial charge is 0.370 e. The van der Waals surface area contributed by atoms with Crippen molar-refractivity contribution in [3.05, 3.63) is 83.9 Å². The van der Waals surface area contributed by atoms with E-state index in [1.54, 1.807) is 0 Å². The van der Waals surface area contributed by atoms with E-state index in [1.165, 1.54) is 11.1 Å². The first-order chi connectivity index (χ1) is 11.4. The van der Waals surface area contributed by atoms with Crippen molar-refractivity contribution in [2.75, 3.05) is 4.43 Å². The first kappa shape index (κ1) is 16.7. The third kappa shape index (κ3) is 4.66. The van der Waals surface area contributed by atoms with Gasteiger partial charge in [0.1, 0.15) is 6.10 Å². The van der Waals surface area contributed by atoms with Gasteiger partial charge >= 0.3 is 0 Å². The molecule has 1 aliphatic rings. The molecule has 0 N–H and O–H groups in total. The van der Waals surface area contributed by atoms with Gasteiger partial charge in [-0.25, -0.2) is 0 Å². The minimum absolute atomic E-state index is 0.0266. The van der Waals surface area contributed by atoms with E-state index in [-0.39, 0.29) is 12.2 Å². The van der Waals surface area contributed by atoms with Crippen molar-refractivity contribution in [1.29, 1.82) is 0 Å². The first-order valence-corrected chi connectivity index (χ1v) is 9.44. The molecule has 0 radical (unpaired) electrons. The molecule has 0 spiro atoms. The van der Waals surface area contributed by atoms with Gasteiger partial charge < -0.3 is 9.47 Å². The molecule has 3 rings (SSSR count). The lowest BCUT2D eigenvalue weighted by molar-refractivity contribution is -0.0699. The lowest BCUT2D eigenvalue weighted by atomic mass is 10.1. The van der Waals surface area contributed by atoms with Crippen molar-refractivity contribution < 1.29 is 9.47 Å². The number of ether oxygens (including phenoxy) is 2. The third-order valence-corrected chi connectivity index (χ3v) is 5.06. The Hall–Kier alpha value is -1.17. The van der Waals surface area contributed by atoms with Crippen LogP contribution < -0.4 is 0 Å². The Kier molecular flexibility index (Phi) is 6.25. The van der Waals surface area contributed by atoms with E-state index in [2.05, 4.69) is 59.0 Å². The Morgan fingerprint density at radius 3 is 1.87 bits per heavy atom. The Morgan fingerprint density at radius 2 is 1.30 bits per heavy atom. The summed E-state index contributed by atoms with van der Waals surface area (Å²) in [5.41, 5.74) is 2.40. The molecule has 1 aliphatic carbocycles. The molecule has 0 fully saturated rings. The zero-order valence-electron chi connectivity index (χ0n) is 13.0. The van der Waals surface area contributed by atoms with E-state index >= 15 is 0 Å². The molecule has 120 valence electrons. The van der Waals surface area contributed by atoms with Crippen LogP contribution in [-0.2, 0) is 22.7 Å². The second-order valence-corrected chi connectivity index (χ2v) is 6.61. The van der Waals surface area contributed by atoms with E-state index < -0.39 is 0 Å². The summed E-state index contributed by atoms with van der Waals surface area (Å²) in [5.74, 6) is 0.417. The Bertz CT molecular complexity index is 612. The van der Waals surface area contributed by atoms with Crippen molar-refractivity contribution in [3.63, 3.8) is 0 Å². The van der Waals surface area contributed by atoms with Crippen LogP contribution in [0.15, 0.2) is 72.8 Å². The van der Waals surface area contributed by atoms with E-state index in [1.807, 2.05) is 36.4 Å². The highest BCUT2D eigenvalue weighted by Gasteiger charge is 2.32. The number of hydrogen-bond acceptors (Lipinski definition) is 2. The topological polar surface area (TPSA) is 18.5 Å². The highest BCUT2D eigenvalue weighted by molar-refractivity contribution is 14.1. The molecule has 0 aromatic heterocycles. The maximum absolute atomic E-state index is 6.20. The molecule has 0 aliphatic heterocycles. The van der Waals surface area contributed by atoms with Crippen molar-refractivity contribution in [2.24, 2.45) is 5.92 Å². The molecule has 0 bridgehead atoms. The Balaban J connectivity index is 1.58. The molecule has 3 heteroatoms. The molecule has 23 heavy (non-hydrogen) atoms. The molecule has 0 saturated carbocycles. The van der Waals surface area contributed by atoms with Crippen LogP contribution in [0.25, 0.3) is 0 Å². The van der Waals surface area contributed by atoms with Crippen LogP contribution >= 0.6 is 22.6 Å². The summed E-state index contributed by atoms with van der Waals surface area (Å²) in [4.78, 5) is 0. The molecule has 3 atom stereocenters. The van der Waals surface area contributed by atoms with Gasteiger partial charge in [0.05, 0.1) is 19.3 Å². The summed E-state index contributed by atoms with van der Waals surface area (Å²) in [7, 11) is 0. The zero-order chi connectivity index (χ0) is 15.9. The van der Waals surface area contributed by atoms with Gasteiger partial charge in [-0.1, -0.05) is 95.4 Å². The fraction of sp³-hybridized carbons (Fsp3) is 0.300. The SMILES string of the molecule is IC[C@H]1C=C[C@@H](OCc2ccccc2)[C@H]1OCc1ccccc1. The smallest absolute Gasteiger partial charge is 0.103 e. The summed E-state index contributed by atoms with van der Waals surface area (Å²) in [6, 6.07) is 20.6. The number of rotatable bonds is 7. The summed E-state index contributed by atoms with van der Waals surface area (Å²) < 4.78 is 13.3. The summed E-state index contributed by atoms with van der Waals surface area (Å²) in [6.07, 6.45) is 4.51. The van der Waals surface area contributed by atoms with E-state index in [4.69, 9.17) is 9.47 Å². The average molecular weight is 420 g/mol. The number of benzene rings is 2. The predicted molar refractivity (Wildman–Crippen MR) is 102 cm³/mol. The van der Waals surface area contributed by atoms with Crippen LogP contribution in [0.1, 0.15) is 11.1 Å². The van der Waals surface area contributed by atoms with Crippen molar-refractivity contribution in [3.8, 4) is 0 Å². The molecular weight excluding hydrogens is 399 g/mol. The fourth-order valence-electron chi connectivity index (χ4n) is 2.76. The molecule has 0 unspecified atom stereocenters. The van der Waals surface area contributed by atoms with Crippen LogP contribution in [-0.4, -0.2) is 16.6 Å². The Morgan fingerprint density at radius 1 is 0.739 bits per heavy atom. The van der Waals surface area contributed by atoms with Crippen LogP contribution in [0, 0.1) is 5.92 Å². The summed E-state index contributed by atoms with van der Waals surface area (Å²) in [5, 5.41) is 0. The van der Waals surface area contributed by atoms with Gasteiger partial charge in [-0.2, -0.15) is 0 Å². The highest BCUT2D eigenvalue weighted by Crippen LogP contribution is 2.27. The van der Waals surface area contributed by atoms with Gasteiger partial charge in [-0.05, 0) is 11.1 Å². The molecule has 0 saturated heterocycles. The van der Waals surface area contributed by atoms with Gasteiger partial charge in [-0.3, -0.25) is 0 Å². The molecule has 2 aromatic rings. The minimum Gasteiger partial charge on any atom is -0.370 e. The fourth-order valence-corrected chi connectivity index (χ4v) is 3.55. The maximum atomic E-state index is 6.20. The predicted octanol–water partition coefficient (Wildman–Crippen LogP) is 4.78. The average Bonchev–Trinajstić information content (AvgIpc) is 3.02. The van der Waals surface area contributed by atoms with Crippen molar-refractivity contribution in [1.82, 2.24) is 0 Å². The Labute approximate surface area is 151 Å². The second-order valence-electron chi connectivity index (χ2n) is 5.73. The van der Waals surface area contributed by atoms with Gasteiger partial charge in [0.2, 0.25) is 0 Å². The second kappa shape index (κ2) is 8.62. The molecule has 0 heterocycles. The summed E-state index contributed by atoms with van der Waals surface area (Å²) in [6.45, 7) is 1.25. The molecular formula is C20H21IO2. The number of halogens is 1. The lowest BCUT2D eigenvalue weighted by Crippen LogP contribution is -2.32. The summed E-state index contributed by atoms with van der Waals surface area (Å²) >= 11 is 2.42. The van der Waals surface area contributed by atoms with Crippen LogP contribution in [0.3, 0.4) is 0 Å². The van der Waals surface area contributed by atoms with E-state index in [0.29, 0.717) is 19.1 Å². The van der Waals surface area contributed by atoms with Gasteiger partial charge in [0.25, 0.3) is 0 Å². The van der Waals surface area contributed by atoms with Crippen LogP contribution in [0.5, 0.6) is 0 Å². The standard InChI is InChI=1S/C20H21IO2/c21-13-18-11-12-19(22-14-16-7-3-1-4-8-16)20(18)23-15-17-9-5-2-6-10-17/h1-12,18-20H,13-15H2/t18-,19-,20+/m1/s1. The van der Waals surface area contributed by atoms with Crippen LogP contribution in [0.4, 0.5) is 0 Å². The molecule has 2 aromatic carbocycles. The van der Waals surface area contributed by atoms with Crippen molar-refractivity contribution >= 4 is 22.6 Å². The normalized spacial score (nSPS) is 23.3. The van der Waals surface area contributed by atoms with Gasteiger partial charge in [-0.15, -0.1) is 0 Å². The lowest BCUT2D eigenvalue weighted by Gasteiger charge is -2.25. The monoisotopic (exact) mass is 420 g/mol. The third-order valence-electron chi connectivity index (χ3n) is 4.04.